The highest BCUT2D eigenvalue weighted by molar-refractivity contribution is 4.88. The Morgan fingerprint density at radius 2 is 2.05 bits per heavy atom. The lowest BCUT2D eigenvalue weighted by atomic mass is 9.81. The van der Waals surface area contributed by atoms with Crippen molar-refractivity contribution in [2.24, 2.45) is 11.3 Å². The van der Waals surface area contributed by atoms with E-state index >= 15 is 0 Å². The number of hydrogen-bond acceptors (Lipinski definition) is 4. The third kappa shape index (κ3) is 7.59. The molecule has 1 atom stereocenters. The van der Waals surface area contributed by atoms with Gasteiger partial charge in [0.2, 0.25) is 0 Å². The van der Waals surface area contributed by atoms with Crippen LogP contribution in [-0.4, -0.2) is 64.1 Å². The summed E-state index contributed by atoms with van der Waals surface area (Å²) in [5.74, 6) is 0.682. The molecule has 1 heterocycles. The summed E-state index contributed by atoms with van der Waals surface area (Å²) in [7, 11) is 1.79. The maximum absolute atomic E-state index is 5.83. The third-order valence-electron chi connectivity index (χ3n) is 4.08. The zero-order valence-electron chi connectivity index (χ0n) is 14.8. The van der Waals surface area contributed by atoms with Crippen LogP contribution in [0.1, 0.15) is 40.5 Å². The van der Waals surface area contributed by atoms with Crippen molar-refractivity contribution >= 4 is 0 Å². The number of ether oxygens (including phenoxy) is 2. The molecule has 1 fully saturated rings. The summed E-state index contributed by atoms with van der Waals surface area (Å²) in [4.78, 5) is 2.56. The van der Waals surface area contributed by atoms with Crippen LogP contribution in [0.25, 0.3) is 0 Å². The molecule has 4 nitrogen and oxygen atoms in total. The van der Waals surface area contributed by atoms with Crippen LogP contribution in [0.4, 0.5) is 0 Å². The molecule has 1 saturated heterocycles. The van der Waals surface area contributed by atoms with E-state index in [1.165, 1.54) is 12.8 Å². The van der Waals surface area contributed by atoms with Gasteiger partial charge in [-0.1, -0.05) is 27.7 Å². The van der Waals surface area contributed by atoms with Crippen molar-refractivity contribution < 1.29 is 9.47 Å². The second kappa shape index (κ2) is 9.78. The number of nitrogens with one attached hydrogen (secondary N) is 1. The van der Waals surface area contributed by atoms with E-state index in [2.05, 4.69) is 37.9 Å². The van der Waals surface area contributed by atoms with Gasteiger partial charge in [0, 0.05) is 51.4 Å². The van der Waals surface area contributed by atoms with E-state index < -0.39 is 0 Å². The van der Waals surface area contributed by atoms with Gasteiger partial charge in [0.25, 0.3) is 0 Å². The molecule has 1 unspecified atom stereocenters. The molecule has 0 saturated carbocycles. The molecule has 21 heavy (non-hydrogen) atoms. The monoisotopic (exact) mass is 300 g/mol. The highest BCUT2D eigenvalue weighted by Crippen LogP contribution is 2.29. The summed E-state index contributed by atoms with van der Waals surface area (Å²) >= 11 is 0. The predicted molar refractivity (Wildman–Crippen MR) is 88.8 cm³/mol. The second-order valence-corrected chi connectivity index (χ2v) is 7.31. The first-order valence-electron chi connectivity index (χ1n) is 8.50. The van der Waals surface area contributed by atoms with E-state index in [1.54, 1.807) is 7.11 Å². The minimum atomic E-state index is 0.255. The molecule has 0 amide bonds. The van der Waals surface area contributed by atoms with E-state index in [4.69, 9.17) is 9.47 Å². The van der Waals surface area contributed by atoms with Crippen molar-refractivity contribution in [2.45, 2.75) is 46.6 Å². The Hall–Kier alpha value is -0.160. The van der Waals surface area contributed by atoms with Gasteiger partial charge in [0.1, 0.15) is 0 Å². The Kier molecular flexibility index (Phi) is 8.79. The molecule has 0 aromatic carbocycles. The minimum Gasteiger partial charge on any atom is -0.383 e. The fourth-order valence-electron chi connectivity index (χ4n) is 3.10. The number of hydrogen-bond donors (Lipinski definition) is 1. The van der Waals surface area contributed by atoms with Gasteiger partial charge in [-0.2, -0.15) is 0 Å². The van der Waals surface area contributed by atoms with Gasteiger partial charge in [-0.3, -0.25) is 0 Å². The van der Waals surface area contributed by atoms with Crippen LogP contribution in [0.15, 0.2) is 0 Å². The van der Waals surface area contributed by atoms with Gasteiger partial charge in [-0.05, 0) is 18.8 Å². The van der Waals surface area contributed by atoms with E-state index in [0.29, 0.717) is 12.0 Å². The molecule has 1 N–H and O–H groups in total. The predicted octanol–water partition coefficient (Wildman–Crippen LogP) is 2.39. The Balaban J connectivity index is 2.65. The fourth-order valence-corrected chi connectivity index (χ4v) is 3.10. The SMILES string of the molecule is COCCN(CC(C)C)CC1(CNC(C)C)CCCOC1. The van der Waals surface area contributed by atoms with Crippen molar-refractivity contribution in [3.8, 4) is 0 Å². The van der Waals surface area contributed by atoms with Crippen LogP contribution in [0.3, 0.4) is 0 Å². The van der Waals surface area contributed by atoms with E-state index in [-0.39, 0.29) is 5.41 Å². The van der Waals surface area contributed by atoms with Crippen LogP contribution in [-0.2, 0) is 9.47 Å². The van der Waals surface area contributed by atoms with Crippen LogP contribution in [0, 0.1) is 11.3 Å². The van der Waals surface area contributed by atoms with Crippen molar-refractivity contribution in [1.82, 2.24) is 10.2 Å². The molecule has 0 spiro atoms. The highest BCUT2D eigenvalue weighted by Gasteiger charge is 2.34. The first-order chi connectivity index (χ1) is 9.97. The molecular weight excluding hydrogens is 264 g/mol. The smallest absolute Gasteiger partial charge is 0.0589 e. The zero-order valence-corrected chi connectivity index (χ0v) is 14.8. The zero-order chi connectivity index (χ0) is 15.7. The standard InChI is InChI=1S/C17H36N2O2/c1-15(2)11-19(8-10-20-5)13-17(12-18-16(3)4)7-6-9-21-14-17/h15-16,18H,6-14H2,1-5H3. The Labute approximate surface area is 131 Å². The van der Waals surface area contributed by atoms with Crippen LogP contribution < -0.4 is 5.32 Å². The summed E-state index contributed by atoms with van der Waals surface area (Å²) < 4.78 is 11.1. The quantitative estimate of drug-likeness (QED) is 0.672. The lowest BCUT2D eigenvalue weighted by Gasteiger charge is -2.42. The van der Waals surface area contributed by atoms with Crippen LogP contribution >= 0.6 is 0 Å². The van der Waals surface area contributed by atoms with Gasteiger partial charge in [0.05, 0.1) is 13.2 Å². The summed E-state index contributed by atoms with van der Waals surface area (Å²) in [6.07, 6.45) is 2.44. The van der Waals surface area contributed by atoms with Crippen LogP contribution in [0.2, 0.25) is 0 Å². The summed E-state index contributed by atoms with van der Waals surface area (Å²) in [6, 6.07) is 0.529. The number of nitrogens with zero attached hydrogens (tertiary/aromatic N) is 1. The van der Waals surface area contributed by atoms with Gasteiger partial charge in [-0.25, -0.2) is 0 Å². The molecule has 1 rings (SSSR count). The summed E-state index contributed by atoms with van der Waals surface area (Å²) in [5.41, 5.74) is 0.255. The molecule has 4 heteroatoms. The fraction of sp³-hybridized carbons (Fsp3) is 1.00. The van der Waals surface area contributed by atoms with Crippen molar-refractivity contribution in [3.05, 3.63) is 0 Å². The summed E-state index contributed by atoms with van der Waals surface area (Å²) in [6.45, 7) is 15.9. The first-order valence-corrected chi connectivity index (χ1v) is 8.50. The highest BCUT2D eigenvalue weighted by atomic mass is 16.5. The van der Waals surface area contributed by atoms with Gasteiger partial charge < -0.3 is 19.7 Å². The molecule has 0 aromatic rings. The van der Waals surface area contributed by atoms with Crippen LogP contribution in [0.5, 0.6) is 0 Å². The minimum absolute atomic E-state index is 0.255. The normalized spacial score (nSPS) is 23.4. The van der Waals surface area contributed by atoms with E-state index in [1.807, 2.05) is 0 Å². The molecule has 1 aliphatic rings. The lowest BCUT2D eigenvalue weighted by Crippen LogP contribution is -2.51. The Morgan fingerprint density at radius 1 is 1.29 bits per heavy atom. The topological polar surface area (TPSA) is 33.7 Å². The molecular formula is C17H36N2O2. The third-order valence-corrected chi connectivity index (χ3v) is 4.08. The maximum Gasteiger partial charge on any atom is 0.0589 e. The molecule has 0 bridgehead atoms. The Bertz CT molecular complexity index is 264. The molecule has 0 aliphatic carbocycles. The second-order valence-electron chi connectivity index (χ2n) is 7.31. The largest absolute Gasteiger partial charge is 0.383 e. The van der Waals surface area contributed by atoms with Gasteiger partial charge >= 0.3 is 0 Å². The summed E-state index contributed by atoms with van der Waals surface area (Å²) in [5, 5.41) is 3.63. The van der Waals surface area contributed by atoms with Gasteiger partial charge in [0.15, 0.2) is 0 Å². The number of methoxy groups -OCH3 is 1. The molecule has 126 valence electrons. The maximum atomic E-state index is 5.83. The van der Waals surface area contributed by atoms with E-state index in [9.17, 15) is 0 Å². The number of rotatable bonds is 10. The lowest BCUT2D eigenvalue weighted by molar-refractivity contribution is -0.0312. The van der Waals surface area contributed by atoms with E-state index in [0.717, 1.165) is 46.0 Å². The average Bonchev–Trinajstić information content (AvgIpc) is 2.43. The van der Waals surface area contributed by atoms with Crippen molar-refractivity contribution in [3.63, 3.8) is 0 Å². The van der Waals surface area contributed by atoms with Crippen molar-refractivity contribution in [1.29, 1.82) is 0 Å². The average molecular weight is 300 g/mol. The first kappa shape index (κ1) is 18.9. The molecule has 0 radical (unpaired) electrons. The molecule has 1 aliphatic heterocycles. The Morgan fingerprint density at radius 3 is 2.57 bits per heavy atom. The molecule has 0 aromatic heterocycles. The van der Waals surface area contributed by atoms with Gasteiger partial charge in [-0.15, -0.1) is 0 Å². The van der Waals surface area contributed by atoms with Crippen molar-refractivity contribution in [2.75, 3.05) is 53.1 Å².